The molecule has 0 unspecified atom stereocenters. The third kappa shape index (κ3) is 1.07. The Labute approximate surface area is 70.4 Å². The van der Waals surface area contributed by atoms with Gasteiger partial charge < -0.3 is 5.41 Å². The summed E-state index contributed by atoms with van der Waals surface area (Å²) in [6.45, 7) is 0. The SMILES string of the molecule is N=Cc1cnc2ccccc2c1. The fourth-order valence-corrected chi connectivity index (χ4v) is 1.17. The number of nitrogens with zero attached hydrogens (tertiary/aromatic N) is 1. The van der Waals surface area contributed by atoms with Gasteiger partial charge >= 0.3 is 0 Å². The van der Waals surface area contributed by atoms with E-state index in [-0.39, 0.29) is 0 Å². The highest BCUT2D eigenvalue weighted by Crippen LogP contribution is 2.10. The molecule has 2 heteroatoms. The third-order valence-electron chi connectivity index (χ3n) is 1.78. The third-order valence-corrected chi connectivity index (χ3v) is 1.78. The number of nitrogens with one attached hydrogen (secondary N) is 1. The van der Waals surface area contributed by atoms with Crippen LogP contribution in [0.5, 0.6) is 0 Å². The summed E-state index contributed by atoms with van der Waals surface area (Å²) in [5.74, 6) is 0. The van der Waals surface area contributed by atoms with Gasteiger partial charge in [-0.25, -0.2) is 0 Å². The molecule has 0 saturated heterocycles. The van der Waals surface area contributed by atoms with Gasteiger partial charge in [0.1, 0.15) is 0 Å². The molecular weight excluding hydrogens is 148 g/mol. The minimum Gasteiger partial charge on any atom is -0.308 e. The van der Waals surface area contributed by atoms with Crippen LogP contribution in [0.1, 0.15) is 5.56 Å². The van der Waals surface area contributed by atoms with Crippen LogP contribution in [0.3, 0.4) is 0 Å². The number of pyridine rings is 1. The highest BCUT2D eigenvalue weighted by Gasteiger charge is 1.92. The zero-order valence-electron chi connectivity index (χ0n) is 6.49. The molecule has 0 bridgehead atoms. The molecule has 1 N–H and O–H groups in total. The molecule has 2 nitrogen and oxygen atoms in total. The molecule has 0 spiro atoms. The van der Waals surface area contributed by atoms with Crippen LogP contribution in [0.2, 0.25) is 0 Å². The van der Waals surface area contributed by atoms with Gasteiger partial charge in [-0.05, 0) is 12.1 Å². The second kappa shape index (κ2) is 2.74. The Hall–Kier alpha value is -1.70. The van der Waals surface area contributed by atoms with Gasteiger partial charge in [0, 0.05) is 23.4 Å². The van der Waals surface area contributed by atoms with Crippen LogP contribution >= 0.6 is 0 Å². The molecule has 0 saturated carbocycles. The molecule has 1 heterocycles. The predicted octanol–water partition coefficient (Wildman–Crippen LogP) is 2.23. The first-order chi connectivity index (χ1) is 5.90. The lowest BCUT2D eigenvalue weighted by Gasteiger charge is -1.96. The highest BCUT2D eigenvalue weighted by atomic mass is 14.6. The van der Waals surface area contributed by atoms with E-state index in [0.29, 0.717) is 0 Å². The Kier molecular flexibility index (Phi) is 1.59. The summed E-state index contributed by atoms with van der Waals surface area (Å²) in [7, 11) is 0. The molecule has 1 aromatic carbocycles. The second-order valence-corrected chi connectivity index (χ2v) is 2.61. The van der Waals surface area contributed by atoms with Gasteiger partial charge in [-0.3, -0.25) is 4.98 Å². The number of fused-ring (bicyclic) bond motifs is 1. The van der Waals surface area contributed by atoms with Crippen LogP contribution in [-0.2, 0) is 0 Å². The molecule has 1 aromatic heterocycles. The predicted molar refractivity (Wildman–Crippen MR) is 49.6 cm³/mol. The summed E-state index contributed by atoms with van der Waals surface area (Å²) < 4.78 is 0. The minimum atomic E-state index is 0.841. The van der Waals surface area contributed by atoms with E-state index in [0.717, 1.165) is 16.5 Å². The smallest absolute Gasteiger partial charge is 0.0702 e. The Balaban J connectivity index is 2.75. The first-order valence-corrected chi connectivity index (χ1v) is 3.75. The van der Waals surface area contributed by atoms with Crippen LogP contribution < -0.4 is 0 Å². The molecule has 58 valence electrons. The van der Waals surface area contributed by atoms with Crippen LogP contribution in [-0.4, -0.2) is 11.2 Å². The van der Waals surface area contributed by atoms with Crippen molar-refractivity contribution in [3.8, 4) is 0 Å². The van der Waals surface area contributed by atoms with Crippen LogP contribution in [0.4, 0.5) is 0 Å². The summed E-state index contributed by atoms with van der Waals surface area (Å²) in [5, 5.41) is 8.14. The highest BCUT2D eigenvalue weighted by molar-refractivity contribution is 5.86. The second-order valence-electron chi connectivity index (χ2n) is 2.61. The van der Waals surface area contributed by atoms with Crippen LogP contribution in [0, 0.1) is 5.41 Å². The maximum absolute atomic E-state index is 7.05. The van der Waals surface area contributed by atoms with E-state index in [1.807, 2.05) is 30.3 Å². The summed E-state index contributed by atoms with van der Waals surface area (Å²) >= 11 is 0. The lowest BCUT2D eigenvalue weighted by molar-refractivity contribution is 1.39. The van der Waals surface area contributed by atoms with Crippen molar-refractivity contribution in [1.29, 1.82) is 5.41 Å². The minimum absolute atomic E-state index is 0.841. The Morgan fingerprint density at radius 1 is 1.25 bits per heavy atom. The van der Waals surface area contributed by atoms with E-state index in [2.05, 4.69) is 4.98 Å². The molecule has 0 amide bonds. The van der Waals surface area contributed by atoms with E-state index in [1.165, 1.54) is 6.21 Å². The van der Waals surface area contributed by atoms with Crippen molar-refractivity contribution in [2.75, 3.05) is 0 Å². The van der Waals surface area contributed by atoms with E-state index in [1.54, 1.807) is 6.20 Å². The van der Waals surface area contributed by atoms with Crippen molar-refractivity contribution in [2.24, 2.45) is 0 Å². The number of aromatic nitrogens is 1. The van der Waals surface area contributed by atoms with Gasteiger partial charge in [0.2, 0.25) is 0 Å². The van der Waals surface area contributed by atoms with Gasteiger partial charge in [-0.15, -0.1) is 0 Å². The first-order valence-electron chi connectivity index (χ1n) is 3.75. The Morgan fingerprint density at radius 2 is 2.08 bits per heavy atom. The topological polar surface area (TPSA) is 36.7 Å². The van der Waals surface area contributed by atoms with Crippen molar-refractivity contribution >= 4 is 17.1 Å². The quantitative estimate of drug-likeness (QED) is 0.631. The van der Waals surface area contributed by atoms with Gasteiger partial charge in [0.25, 0.3) is 0 Å². The van der Waals surface area contributed by atoms with Gasteiger partial charge in [-0.1, -0.05) is 18.2 Å². The molecule has 0 aliphatic carbocycles. The Bertz CT molecular complexity index is 421. The number of para-hydroxylation sites is 1. The molecule has 0 aliphatic rings. The number of hydrogen-bond donors (Lipinski definition) is 1. The number of benzene rings is 1. The summed E-state index contributed by atoms with van der Waals surface area (Å²) in [4.78, 5) is 4.20. The van der Waals surface area contributed by atoms with Crippen molar-refractivity contribution in [1.82, 2.24) is 4.98 Å². The van der Waals surface area contributed by atoms with Crippen LogP contribution in [0.15, 0.2) is 36.5 Å². The molecule has 0 atom stereocenters. The largest absolute Gasteiger partial charge is 0.308 e. The fraction of sp³-hybridized carbons (Fsp3) is 0. The van der Waals surface area contributed by atoms with Crippen molar-refractivity contribution in [3.63, 3.8) is 0 Å². The summed E-state index contributed by atoms with van der Waals surface area (Å²) in [5.41, 5.74) is 1.82. The molecule has 0 aliphatic heterocycles. The van der Waals surface area contributed by atoms with E-state index >= 15 is 0 Å². The first kappa shape index (κ1) is 6.98. The van der Waals surface area contributed by atoms with Gasteiger partial charge in [0.05, 0.1) is 5.52 Å². The normalized spacial score (nSPS) is 10.0. The lowest BCUT2D eigenvalue weighted by Crippen LogP contribution is -1.83. The monoisotopic (exact) mass is 156 g/mol. The van der Waals surface area contributed by atoms with Crippen molar-refractivity contribution in [3.05, 3.63) is 42.1 Å². The van der Waals surface area contributed by atoms with Crippen molar-refractivity contribution in [2.45, 2.75) is 0 Å². The molecule has 12 heavy (non-hydrogen) atoms. The average Bonchev–Trinajstić information content (AvgIpc) is 2.17. The maximum atomic E-state index is 7.05. The fourth-order valence-electron chi connectivity index (χ4n) is 1.17. The maximum Gasteiger partial charge on any atom is 0.0702 e. The molecule has 0 radical (unpaired) electrons. The van der Waals surface area contributed by atoms with Gasteiger partial charge in [-0.2, -0.15) is 0 Å². The average molecular weight is 156 g/mol. The zero-order chi connectivity index (χ0) is 8.39. The molecule has 2 rings (SSSR count). The van der Waals surface area contributed by atoms with Crippen LogP contribution in [0.25, 0.3) is 10.9 Å². The van der Waals surface area contributed by atoms with Gasteiger partial charge in [0.15, 0.2) is 0 Å². The zero-order valence-corrected chi connectivity index (χ0v) is 6.49. The van der Waals surface area contributed by atoms with E-state index in [9.17, 15) is 0 Å². The lowest BCUT2D eigenvalue weighted by atomic mass is 10.2. The summed E-state index contributed by atoms with van der Waals surface area (Å²) in [6.07, 6.45) is 3.01. The standard InChI is InChI=1S/C10H8N2/c11-6-8-5-9-3-1-2-4-10(9)12-7-8/h1-7,11H. The molecule has 0 fully saturated rings. The van der Waals surface area contributed by atoms with Crippen molar-refractivity contribution < 1.29 is 0 Å². The Morgan fingerprint density at radius 3 is 2.92 bits per heavy atom. The number of rotatable bonds is 1. The summed E-state index contributed by atoms with van der Waals surface area (Å²) in [6, 6.07) is 9.84. The van der Waals surface area contributed by atoms with E-state index < -0.39 is 0 Å². The number of hydrogen-bond acceptors (Lipinski definition) is 2. The van der Waals surface area contributed by atoms with E-state index in [4.69, 9.17) is 5.41 Å². The molecular formula is C10H8N2. The molecule has 2 aromatic rings.